The van der Waals surface area contributed by atoms with Gasteiger partial charge in [-0.25, -0.2) is 13.1 Å². The van der Waals surface area contributed by atoms with E-state index in [0.29, 0.717) is 19.0 Å². The molecule has 0 spiro atoms. The zero-order valence-electron chi connectivity index (χ0n) is 11.7. The van der Waals surface area contributed by atoms with Gasteiger partial charge in [0.05, 0.1) is 4.90 Å². The van der Waals surface area contributed by atoms with Crippen molar-refractivity contribution in [3.8, 4) is 0 Å². The van der Waals surface area contributed by atoms with Crippen LogP contribution in [-0.2, 0) is 10.0 Å². The monoisotopic (exact) mass is 285 g/mol. The molecular formula is C13H23N3O2S. The van der Waals surface area contributed by atoms with E-state index < -0.39 is 10.0 Å². The van der Waals surface area contributed by atoms with Crippen molar-refractivity contribution in [2.75, 3.05) is 18.4 Å². The molecule has 6 heteroatoms. The summed E-state index contributed by atoms with van der Waals surface area (Å²) in [6.07, 6.45) is 0. The maximum atomic E-state index is 11.8. The summed E-state index contributed by atoms with van der Waals surface area (Å²) in [5.41, 5.74) is 6.51. The Balaban J connectivity index is 2.77. The minimum Gasteiger partial charge on any atom is -0.382 e. The second-order valence-electron chi connectivity index (χ2n) is 4.67. The molecule has 0 radical (unpaired) electrons. The number of hydrogen-bond acceptors (Lipinski definition) is 4. The van der Waals surface area contributed by atoms with E-state index in [9.17, 15) is 8.42 Å². The minimum absolute atomic E-state index is 0.237. The average Bonchev–Trinajstić information content (AvgIpc) is 2.38. The smallest absolute Gasteiger partial charge is 0.240 e. The maximum absolute atomic E-state index is 11.8. The van der Waals surface area contributed by atoms with E-state index in [2.05, 4.69) is 23.9 Å². The van der Waals surface area contributed by atoms with E-state index in [1.54, 1.807) is 31.2 Å². The van der Waals surface area contributed by atoms with Crippen molar-refractivity contribution in [2.24, 2.45) is 11.7 Å². The highest BCUT2D eigenvalue weighted by Crippen LogP contribution is 2.16. The number of nitrogens with one attached hydrogen (secondary N) is 2. The van der Waals surface area contributed by atoms with Gasteiger partial charge in [-0.05, 0) is 43.7 Å². The molecule has 0 heterocycles. The Labute approximate surface area is 115 Å². The molecular weight excluding hydrogens is 262 g/mol. The van der Waals surface area contributed by atoms with E-state index in [-0.39, 0.29) is 10.9 Å². The molecule has 5 nitrogen and oxygen atoms in total. The number of rotatable bonds is 7. The first-order chi connectivity index (χ1) is 8.90. The summed E-state index contributed by atoms with van der Waals surface area (Å²) < 4.78 is 26.0. The molecule has 1 rings (SSSR count). The number of nitrogens with two attached hydrogens (primary N) is 1. The van der Waals surface area contributed by atoms with Crippen LogP contribution in [-0.4, -0.2) is 27.5 Å². The van der Waals surface area contributed by atoms with Gasteiger partial charge in [0.25, 0.3) is 0 Å². The van der Waals surface area contributed by atoms with Crippen molar-refractivity contribution >= 4 is 15.7 Å². The van der Waals surface area contributed by atoms with Gasteiger partial charge in [0.1, 0.15) is 0 Å². The molecule has 2 atom stereocenters. The van der Waals surface area contributed by atoms with E-state index >= 15 is 0 Å². The highest BCUT2D eigenvalue weighted by atomic mass is 32.2. The molecule has 4 N–H and O–H groups in total. The van der Waals surface area contributed by atoms with E-state index in [1.165, 1.54) is 0 Å². The molecule has 0 fully saturated rings. The lowest BCUT2D eigenvalue weighted by atomic mass is 10.0. The largest absolute Gasteiger partial charge is 0.382 e. The zero-order valence-corrected chi connectivity index (χ0v) is 12.5. The van der Waals surface area contributed by atoms with Gasteiger partial charge in [-0.1, -0.05) is 13.8 Å². The van der Waals surface area contributed by atoms with Gasteiger partial charge >= 0.3 is 0 Å². The number of sulfonamides is 1. The van der Waals surface area contributed by atoms with Crippen LogP contribution in [0.25, 0.3) is 0 Å². The van der Waals surface area contributed by atoms with Gasteiger partial charge in [-0.3, -0.25) is 0 Å². The molecule has 0 bridgehead atoms. The normalized spacial score (nSPS) is 14.9. The summed E-state index contributed by atoms with van der Waals surface area (Å²) in [5.74, 6) is 0.352. The zero-order chi connectivity index (χ0) is 14.5. The molecule has 108 valence electrons. The molecule has 1 aromatic carbocycles. The van der Waals surface area contributed by atoms with Crippen LogP contribution in [0.15, 0.2) is 29.2 Å². The van der Waals surface area contributed by atoms with Gasteiger partial charge in [0, 0.05) is 18.3 Å². The van der Waals surface area contributed by atoms with Crippen molar-refractivity contribution in [2.45, 2.75) is 31.7 Å². The van der Waals surface area contributed by atoms with E-state index in [1.807, 2.05) is 0 Å². The standard InChI is InChI=1S/C13H23N3O2S/c1-4-15-19(17,18)13-7-5-12(6-8-13)16-11(3)10(2)9-14/h5-8,10-11,15-16H,4,9,14H2,1-3H3. The third-order valence-electron chi connectivity index (χ3n) is 3.12. The second kappa shape index (κ2) is 6.88. The summed E-state index contributed by atoms with van der Waals surface area (Å²) in [4.78, 5) is 0.277. The Morgan fingerprint density at radius 2 is 1.79 bits per heavy atom. The molecule has 0 saturated carbocycles. The highest BCUT2D eigenvalue weighted by Gasteiger charge is 2.13. The lowest BCUT2D eigenvalue weighted by molar-refractivity contribution is 0.521. The predicted octanol–water partition coefficient (Wildman–Crippen LogP) is 1.38. The molecule has 2 unspecified atom stereocenters. The van der Waals surface area contributed by atoms with Crippen LogP contribution in [0, 0.1) is 5.92 Å². The van der Waals surface area contributed by atoms with Gasteiger partial charge in [0.15, 0.2) is 0 Å². The van der Waals surface area contributed by atoms with Gasteiger partial charge < -0.3 is 11.1 Å². The third kappa shape index (κ3) is 4.49. The molecule has 1 aromatic rings. The van der Waals surface area contributed by atoms with Crippen molar-refractivity contribution in [1.29, 1.82) is 0 Å². The Hall–Kier alpha value is -1.11. The van der Waals surface area contributed by atoms with Crippen LogP contribution in [0.1, 0.15) is 20.8 Å². The lowest BCUT2D eigenvalue weighted by Crippen LogP contribution is -2.29. The highest BCUT2D eigenvalue weighted by molar-refractivity contribution is 7.89. The minimum atomic E-state index is -3.37. The van der Waals surface area contributed by atoms with Crippen LogP contribution in [0.3, 0.4) is 0 Å². The number of benzene rings is 1. The Morgan fingerprint density at radius 1 is 1.21 bits per heavy atom. The first kappa shape index (κ1) is 15.9. The van der Waals surface area contributed by atoms with Gasteiger partial charge in [-0.15, -0.1) is 0 Å². The molecule has 0 aliphatic rings. The first-order valence-corrected chi connectivity index (χ1v) is 7.95. The van der Waals surface area contributed by atoms with E-state index in [0.717, 1.165) is 5.69 Å². The predicted molar refractivity (Wildman–Crippen MR) is 78.6 cm³/mol. The van der Waals surface area contributed by atoms with Crippen LogP contribution in [0.2, 0.25) is 0 Å². The van der Waals surface area contributed by atoms with Crippen LogP contribution in [0.5, 0.6) is 0 Å². The van der Waals surface area contributed by atoms with Crippen LogP contribution in [0.4, 0.5) is 5.69 Å². The average molecular weight is 285 g/mol. The van der Waals surface area contributed by atoms with Crippen molar-refractivity contribution in [1.82, 2.24) is 4.72 Å². The Bertz CT molecular complexity index is 485. The van der Waals surface area contributed by atoms with Crippen molar-refractivity contribution in [3.63, 3.8) is 0 Å². The molecule has 19 heavy (non-hydrogen) atoms. The Morgan fingerprint density at radius 3 is 2.26 bits per heavy atom. The molecule has 0 aliphatic heterocycles. The molecule has 0 aliphatic carbocycles. The summed E-state index contributed by atoms with van der Waals surface area (Å²) in [5, 5.41) is 3.31. The second-order valence-corrected chi connectivity index (χ2v) is 6.44. The summed E-state index contributed by atoms with van der Waals surface area (Å²) in [6.45, 7) is 6.88. The fourth-order valence-electron chi connectivity index (χ4n) is 1.61. The summed E-state index contributed by atoms with van der Waals surface area (Å²) in [7, 11) is -3.37. The van der Waals surface area contributed by atoms with Crippen LogP contribution >= 0.6 is 0 Å². The summed E-state index contributed by atoms with van der Waals surface area (Å²) in [6, 6.07) is 6.97. The maximum Gasteiger partial charge on any atom is 0.240 e. The van der Waals surface area contributed by atoms with Crippen molar-refractivity contribution in [3.05, 3.63) is 24.3 Å². The fraction of sp³-hybridized carbons (Fsp3) is 0.538. The topological polar surface area (TPSA) is 84.2 Å². The number of hydrogen-bond donors (Lipinski definition) is 3. The van der Waals surface area contributed by atoms with Gasteiger partial charge in [0.2, 0.25) is 10.0 Å². The SMILES string of the molecule is CCNS(=O)(=O)c1ccc(NC(C)C(C)CN)cc1. The lowest BCUT2D eigenvalue weighted by Gasteiger charge is -2.21. The molecule has 0 amide bonds. The molecule has 0 aromatic heterocycles. The molecule has 0 saturated heterocycles. The first-order valence-electron chi connectivity index (χ1n) is 6.47. The number of anilines is 1. The van der Waals surface area contributed by atoms with Gasteiger partial charge in [-0.2, -0.15) is 0 Å². The Kier molecular flexibility index (Phi) is 5.78. The summed E-state index contributed by atoms with van der Waals surface area (Å²) >= 11 is 0. The van der Waals surface area contributed by atoms with Crippen LogP contribution < -0.4 is 15.8 Å². The van der Waals surface area contributed by atoms with E-state index in [4.69, 9.17) is 5.73 Å². The fourth-order valence-corrected chi connectivity index (χ4v) is 2.65. The van der Waals surface area contributed by atoms with Crippen molar-refractivity contribution < 1.29 is 8.42 Å². The quantitative estimate of drug-likeness (QED) is 0.706. The third-order valence-corrected chi connectivity index (χ3v) is 4.68.